The first-order valence-electron chi connectivity index (χ1n) is 8.25. The molecule has 0 aliphatic carbocycles. The molecule has 0 saturated carbocycles. The first-order valence-corrected chi connectivity index (χ1v) is 10.1. The predicted octanol–water partition coefficient (Wildman–Crippen LogP) is 2.21. The maximum atomic E-state index is 12.0. The number of carbonyl (C=O) groups excluding carboxylic acids is 2. The van der Waals surface area contributed by atoms with Crippen LogP contribution in [-0.4, -0.2) is 39.4 Å². The average Bonchev–Trinajstić information content (AvgIpc) is 2.56. The van der Waals surface area contributed by atoms with Crippen molar-refractivity contribution in [3.63, 3.8) is 0 Å². The third-order valence-corrected chi connectivity index (χ3v) is 3.74. The Morgan fingerprint density at radius 3 is 2.04 bits per heavy atom. The summed E-state index contributed by atoms with van der Waals surface area (Å²) in [6.45, 7) is 7.28. The van der Waals surface area contributed by atoms with Crippen molar-refractivity contribution < 1.29 is 36.7 Å². The SMILES string of the molecule is CC(C)c1cccc(C(C)C)c1OC(=O)OC[C@@H](N)C(=O)OOS(C)(=O)=O. The summed E-state index contributed by atoms with van der Waals surface area (Å²) in [7, 11) is -3.98. The van der Waals surface area contributed by atoms with Crippen LogP contribution in [0.25, 0.3) is 0 Å². The van der Waals surface area contributed by atoms with Crippen LogP contribution in [0.1, 0.15) is 50.7 Å². The van der Waals surface area contributed by atoms with Crippen LogP contribution in [0.2, 0.25) is 0 Å². The Balaban J connectivity index is 2.74. The van der Waals surface area contributed by atoms with E-state index in [9.17, 15) is 18.0 Å². The van der Waals surface area contributed by atoms with Crippen molar-refractivity contribution in [3.05, 3.63) is 29.3 Å². The number of hydrogen-bond acceptors (Lipinski definition) is 9. The molecule has 0 amide bonds. The third-order valence-electron chi connectivity index (χ3n) is 3.43. The van der Waals surface area contributed by atoms with Crippen LogP contribution in [0.15, 0.2) is 18.2 Å². The molecule has 1 atom stereocenters. The van der Waals surface area contributed by atoms with E-state index in [-0.39, 0.29) is 11.8 Å². The summed E-state index contributed by atoms with van der Waals surface area (Å²) in [5, 5.41) is 0. The van der Waals surface area contributed by atoms with Crippen molar-refractivity contribution in [2.75, 3.05) is 12.9 Å². The van der Waals surface area contributed by atoms with Crippen molar-refractivity contribution in [3.8, 4) is 5.75 Å². The molecule has 0 aliphatic heterocycles. The molecule has 0 radical (unpaired) electrons. The Bertz CT molecular complexity index is 747. The summed E-state index contributed by atoms with van der Waals surface area (Å²) >= 11 is 0. The van der Waals surface area contributed by atoms with Gasteiger partial charge in [0.1, 0.15) is 18.4 Å². The van der Waals surface area contributed by atoms with Crippen molar-refractivity contribution in [1.82, 2.24) is 0 Å². The minimum atomic E-state index is -3.98. The van der Waals surface area contributed by atoms with Crippen molar-refractivity contribution in [2.45, 2.75) is 45.6 Å². The highest BCUT2D eigenvalue weighted by Gasteiger charge is 2.23. The van der Waals surface area contributed by atoms with E-state index in [1.807, 2.05) is 45.9 Å². The number of nitrogens with two attached hydrogens (primary N) is 1. The molecule has 0 unspecified atom stereocenters. The van der Waals surface area contributed by atoms with Gasteiger partial charge in [-0.05, 0) is 23.0 Å². The van der Waals surface area contributed by atoms with Crippen LogP contribution in [0.3, 0.4) is 0 Å². The molecule has 0 aliphatic rings. The maximum absolute atomic E-state index is 12.0. The van der Waals surface area contributed by atoms with Gasteiger partial charge in [-0.3, -0.25) is 4.89 Å². The van der Waals surface area contributed by atoms with E-state index in [1.165, 1.54) is 0 Å². The highest BCUT2D eigenvalue weighted by Crippen LogP contribution is 2.34. The Labute approximate surface area is 158 Å². The average molecular weight is 403 g/mol. The Morgan fingerprint density at radius 1 is 1.07 bits per heavy atom. The lowest BCUT2D eigenvalue weighted by Gasteiger charge is -2.19. The van der Waals surface area contributed by atoms with Gasteiger partial charge in [0.25, 0.3) is 10.1 Å². The van der Waals surface area contributed by atoms with Gasteiger partial charge >= 0.3 is 12.1 Å². The first-order chi connectivity index (χ1) is 12.4. The largest absolute Gasteiger partial charge is 0.513 e. The normalized spacial score (nSPS) is 12.7. The van der Waals surface area contributed by atoms with Crippen LogP contribution in [0, 0.1) is 0 Å². The fourth-order valence-corrected chi connectivity index (χ4v) is 2.29. The van der Waals surface area contributed by atoms with Crippen LogP contribution in [0.4, 0.5) is 4.79 Å². The molecule has 152 valence electrons. The second-order valence-electron chi connectivity index (χ2n) is 6.52. The number of para-hydroxylation sites is 1. The lowest BCUT2D eigenvalue weighted by atomic mass is 9.94. The van der Waals surface area contributed by atoms with Gasteiger partial charge in [0.2, 0.25) is 0 Å². The van der Waals surface area contributed by atoms with E-state index in [0.29, 0.717) is 12.0 Å². The minimum Gasteiger partial charge on any atom is -0.432 e. The van der Waals surface area contributed by atoms with Gasteiger partial charge < -0.3 is 15.2 Å². The number of rotatable bonds is 8. The zero-order valence-electron chi connectivity index (χ0n) is 15.9. The van der Waals surface area contributed by atoms with Gasteiger partial charge in [-0.1, -0.05) is 50.2 Å². The predicted molar refractivity (Wildman–Crippen MR) is 96.6 cm³/mol. The molecule has 0 heterocycles. The zero-order chi connectivity index (χ0) is 20.8. The van der Waals surface area contributed by atoms with E-state index >= 15 is 0 Å². The van der Waals surface area contributed by atoms with E-state index in [2.05, 4.69) is 9.22 Å². The summed E-state index contributed by atoms with van der Waals surface area (Å²) in [6.07, 6.45) is -0.352. The highest BCUT2D eigenvalue weighted by molar-refractivity contribution is 7.85. The molecule has 10 heteroatoms. The number of hydrogen-bond donors (Lipinski definition) is 1. The van der Waals surface area contributed by atoms with E-state index < -0.39 is 34.9 Å². The first kappa shape index (κ1) is 22.9. The smallest absolute Gasteiger partial charge is 0.432 e. The summed E-state index contributed by atoms with van der Waals surface area (Å²) in [5.74, 6) is -0.587. The van der Waals surface area contributed by atoms with Crippen molar-refractivity contribution in [2.24, 2.45) is 5.73 Å². The quantitative estimate of drug-likeness (QED) is 0.300. The lowest BCUT2D eigenvalue weighted by Crippen LogP contribution is -2.38. The van der Waals surface area contributed by atoms with Crippen molar-refractivity contribution >= 4 is 22.2 Å². The summed E-state index contributed by atoms with van der Waals surface area (Å²) in [4.78, 5) is 27.5. The second-order valence-corrected chi connectivity index (χ2v) is 8.06. The molecule has 9 nitrogen and oxygen atoms in total. The maximum Gasteiger partial charge on any atom is 0.513 e. The van der Waals surface area contributed by atoms with Gasteiger partial charge in [-0.2, -0.15) is 8.42 Å². The lowest BCUT2D eigenvalue weighted by molar-refractivity contribution is -0.213. The molecule has 0 bridgehead atoms. The fourth-order valence-electron chi connectivity index (χ4n) is 2.10. The molecular weight excluding hydrogens is 378 g/mol. The summed E-state index contributed by atoms with van der Waals surface area (Å²) in [6, 6.07) is 4.15. The van der Waals surface area contributed by atoms with Gasteiger partial charge in [0.15, 0.2) is 0 Å². The molecule has 1 rings (SSSR count). The third kappa shape index (κ3) is 7.53. The summed E-state index contributed by atoms with van der Waals surface area (Å²) < 4.78 is 35.6. The van der Waals surface area contributed by atoms with Gasteiger partial charge in [-0.15, -0.1) is 0 Å². The van der Waals surface area contributed by atoms with Crippen LogP contribution in [-0.2, 0) is 28.9 Å². The van der Waals surface area contributed by atoms with E-state index in [1.54, 1.807) is 0 Å². The molecule has 1 aromatic rings. The standard InChI is InChI=1S/C17H25NO8S/c1-10(2)12-7-6-8-13(11(3)4)15(12)24-17(20)23-9-14(18)16(19)25-26-27(5,21)22/h6-8,10-11,14H,9,18H2,1-5H3/t14-/m1/s1. The van der Waals surface area contributed by atoms with E-state index in [0.717, 1.165) is 11.1 Å². The topological polar surface area (TPSA) is 131 Å². The second kappa shape index (κ2) is 9.67. The monoisotopic (exact) mass is 403 g/mol. The molecule has 1 aromatic carbocycles. The number of carbonyl (C=O) groups is 2. The van der Waals surface area contributed by atoms with Gasteiger partial charge in [0.05, 0.1) is 6.26 Å². The Kier molecular flexibility index (Phi) is 8.20. The molecule has 27 heavy (non-hydrogen) atoms. The molecule has 2 N–H and O–H groups in total. The zero-order valence-corrected chi connectivity index (χ0v) is 16.7. The molecule has 0 fully saturated rings. The highest BCUT2D eigenvalue weighted by atomic mass is 32.2. The molecule has 0 saturated heterocycles. The van der Waals surface area contributed by atoms with Crippen LogP contribution < -0.4 is 10.5 Å². The number of ether oxygens (including phenoxy) is 2. The van der Waals surface area contributed by atoms with Gasteiger partial charge in [0, 0.05) is 0 Å². The Morgan fingerprint density at radius 2 is 1.59 bits per heavy atom. The fraction of sp³-hybridized carbons (Fsp3) is 0.529. The van der Waals surface area contributed by atoms with Gasteiger partial charge in [-0.25, -0.2) is 9.59 Å². The summed E-state index contributed by atoms with van der Waals surface area (Å²) in [5.41, 5.74) is 7.14. The molecule has 0 spiro atoms. The van der Waals surface area contributed by atoms with E-state index in [4.69, 9.17) is 15.2 Å². The van der Waals surface area contributed by atoms with Crippen LogP contribution in [0.5, 0.6) is 5.75 Å². The Hall–Kier alpha value is -2.17. The van der Waals surface area contributed by atoms with Crippen LogP contribution >= 0.6 is 0 Å². The molecular formula is C17H25NO8S. The minimum absolute atomic E-state index is 0.108. The number of benzene rings is 1. The molecule has 0 aromatic heterocycles. The van der Waals surface area contributed by atoms with Crippen molar-refractivity contribution in [1.29, 1.82) is 0 Å².